The van der Waals surface area contributed by atoms with Crippen LogP contribution in [0.2, 0.25) is 0 Å². The monoisotopic (exact) mass is 338 g/mol. The van der Waals surface area contributed by atoms with Crippen molar-refractivity contribution >= 4 is 17.2 Å². The van der Waals surface area contributed by atoms with Gasteiger partial charge in [0, 0.05) is 23.1 Å². The van der Waals surface area contributed by atoms with Gasteiger partial charge in [-0.2, -0.15) is 0 Å². The lowest BCUT2D eigenvalue weighted by Gasteiger charge is -2.07. The van der Waals surface area contributed by atoms with Crippen molar-refractivity contribution in [1.82, 2.24) is 10.3 Å². The van der Waals surface area contributed by atoms with E-state index in [0.29, 0.717) is 17.9 Å². The lowest BCUT2D eigenvalue weighted by Crippen LogP contribution is -2.22. The van der Waals surface area contributed by atoms with Gasteiger partial charge in [0.25, 0.3) is 5.91 Å². The summed E-state index contributed by atoms with van der Waals surface area (Å²) >= 11 is 1.64. The summed E-state index contributed by atoms with van der Waals surface area (Å²) in [6.45, 7) is 2.48. The normalized spacial score (nSPS) is 10.4. The summed E-state index contributed by atoms with van der Waals surface area (Å²) in [7, 11) is 1.59. The van der Waals surface area contributed by atoms with Crippen molar-refractivity contribution in [3.63, 3.8) is 0 Å². The molecule has 1 amide bonds. The van der Waals surface area contributed by atoms with Crippen LogP contribution in [0.1, 0.15) is 20.9 Å². The molecule has 1 heterocycles. The fourth-order valence-electron chi connectivity index (χ4n) is 2.34. The minimum Gasteiger partial charge on any atom is -0.497 e. The number of benzene rings is 2. The molecule has 0 aliphatic carbocycles. The summed E-state index contributed by atoms with van der Waals surface area (Å²) < 4.78 is 5.14. The van der Waals surface area contributed by atoms with E-state index in [9.17, 15) is 4.79 Å². The molecule has 0 spiro atoms. The number of methoxy groups -OCH3 is 1. The van der Waals surface area contributed by atoms with Crippen molar-refractivity contribution in [2.24, 2.45) is 0 Å². The van der Waals surface area contributed by atoms with Crippen molar-refractivity contribution in [2.75, 3.05) is 7.11 Å². The van der Waals surface area contributed by atoms with Crippen LogP contribution in [0.5, 0.6) is 5.75 Å². The highest BCUT2D eigenvalue weighted by molar-refractivity contribution is 7.09. The minimum atomic E-state index is -0.117. The van der Waals surface area contributed by atoms with Gasteiger partial charge >= 0.3 is 0 Å². The molecule has 0 aliphatic rings. The van der Waals surface area contributed by atoms with E-state index in [0.717, 1.165) is 21.8 Å². The Morgan fingerprint density at radius 3 is 2.67 bits per heavy atom. The van der Waals surface area contributed by atoms with Crippen LogP contribution in [-0.4, -0.2) is 18.0 Å². The third-order valence-electron chi connectivity index (χ3n) is 3.65. The minimum absolute atomic E-state index is 0.117. The number of carbonyl (C=O) groups is 1. The van der Waals surface area contributed by atoms with E-state index in [4.69, 9.17) is 4.74 Å². The summed E-state index contributed by atoms with van der Waals surface area (Å²) in [4.78, 5) is 16.7. The van der Waals surface area contributed by atoms with Gasteiger partial charge in [0.05, 0.1) is 17.8 Å². The SMILES string of the molecule is COc1cccc(C(=O)NCc2ccc(-c3csc(C)n3)cc2)c1. The van der Waals surface area contributed by atoms with Gasteiger partial charge in [-0.3, -0.25) is 4.79 Å². The van der Waals surface area contributed by atoms with E-state index in [-0.39, 0.29) is 5.91 Å². The summed E-state index contributed by atoms with van der Waals surface area (Å²) in [5.74, 6) is 0.554. The Kier molecular flexibility index (Phi) is 4.91. The Labute approximate surface area is 145 Å². The third-order valence-corrected chi connectivity index (χ3v) is 4.43. The van der Waals surface area contributed by atoms with Gasteiger partial charge in [0.1, 0.15) is 5.75 Å². The Balaban J connectivity index is 1.63. The molecule has 1 N–H and O–H groups in total. The van der Waals surface area contributed by atoms with Crippen molar-refractivity contribution in [1.29, 1.82) is 0 Å². The zero-order chi connectivity index (χ0) is 16.9. The van der Waals surface area contributed by atoms with Crippen LogP contribution in [0.4, 0.5) is 0 Å². The number of amides is 1. The summed E-state index contributed by atoms with van der Waals surface area (Å²) in [5.41, 5.74) is 3.71. The highest BCUT2D eigenvalue weighted by Crippen LogP contribution is 2.21. The molecule has 24 heavy (non-hydrogen) atoms. The number of nitrogens with one attached hydrogen (secondary N) is 1. The molecule has 122 valence electrons. The van der Waals surface area contributed by atoms with Crippen molar-refractivity contribution in [2.45, 2.75) is 13.5 Å². The van der Waals surface area contributed by atoms with Gasteiger partial charge in [0.2, 0.25) is 0 Å². The lowest BCUT2D eigenvalue weighted by atomic mass is 10.1. The van der Waals surface area contributed by atoms with Crippen LogP contribution in [0.25, 0.3) is 11.3 Å². The number of hydrogen-bond donors (Lipinski definition) is 1. The molecule has 0 bridgehead atoms. The Hall–Kier alpha value is -2.66. The summed E-state index contributed by atoms with van der Waals surface area (Å²) in [6, 6.07) is 15.2. The topological polar surface area (TPSA) is 51.2 Å². The van der Waals surface area contributed by atoms with Crippen molar-refractivity contribution in [3.8, 4) is 17.0 Å². The number of aromatic nitrogens is 1. The number of aryl methyl sites for hydroxylation is 1. The second-order valence-corrected chi connectivity index (χ2v) is 6.43. The van der Waals surface area contributed by atoms with E-state index in [1.54, 1.807) is 36.6 Å². The molecule has 0 radical (unpaired) electrons. The standard InChI is InChI=1S/C19H18N2O2S/c1-13-21-18(12-24-13)15-8-6-14(7-9-15)11-20-19(22)16-4-3-5-17(10-16)23-2/h3-10,12H,11H2,1-2H3,(H,20,22). The van der Waals surface area contributed by atoms with Gasteiger partial charge in [-0.15, -0.1) is 11.3 Å². The second kappa shape index (κ2) is 7.27. The first-order chi connectivity index (χ1) is 11.7. The number of hydrogen-bond acceptors (Lipinski definition) is 4. The molecule has 1 aromatic heterocycles. The molecular weight excluding hydrogens is 320 g/mol. The van der Waals surface area contributed by atoms with Crippen LogP contribution >= 0.6 is 11.3 Å². The van der Waals surface area contributed by atoms with E-state index < -0.39 is 0 Å². The predicted molar refractivity (Wildman–Crippen MR) is 96.5 cm³/mol. The fraction of sp³-hybridized carbons (Fsp3) is 0.158. The van der Waals surface area contributed by atoms with E-state index in [2.05, 4.69) is 15.7 Å². The van der Waals surface area contributed by atoms with E-state index in [1.165, 1.54) is 0 Å². The fourth-order valence-corrected chi connectivity index (χ4v) is 2.96. The van der Waals surface area contributed by atoms with E-state index >= 15 is 0 Å². The maximum absolute atomic E-state index is 12.2. The van der Waals surface area contributed by atoms with Crippen LogP contribution < -0.4 is 10.1 Å². The summed E-state index contributed by atoms with van der Waals surface area (Å²) in [5, 5.41) is 6.03. The zero-order valence-electron chi connectivity index (χ0n) is 13.6. The Morgan fingerprint density at radius 1 is 1.21 bits per heavy atom. The Bertz CT molecular complexity index is 841. The Morgan fingerprint density at radius 2 is 2.00 bits per heavy atom. The highest BCUT2D eigenvalue weighted by atomic mass is 32.1. The third kappa shape index (κ3) is 3.81. The maximum atomic E-state index is 12.2. The number of rotatable bonds is 5. The summed E-state index contributed by atoms with van der Waals surface area (Å²) in [6.07, 6.45) is 0. The number of thiazole rings is 1. The van der Waals surface area contributed by atoms with Crippen molar-refractivity contribution < 1.29 is 9.53 Å². The molecule has 0 unspecified atom stereocenters. The molecular formula is C19H18N2O2S. The first kappa shape index (κ1) is 16.2. The largest absolute Gasteiger partial charge is 0.497 e. The number of ether oxygens (including phenoxy) is 1. The average molecular weight is 338 g/mol. The number of nitrogens with zero attached hydrogens (tertiary/aromatic N) is 1. The molecule has 5 heteroatoms. The highest BCUT2D eigenvalue weighted by Gasteiger charge is 2.07. The molecule has 0 aliphatic heterocycles. The first-order valence-electron chi connectivity index (χ1n) is 7.59. The van der Waals surface area contributed by atoms with E-state index in [1.807, 2.05) is 37.3 Å². The van der Waals surface area contributed by atoms with Gasteiger partial charge < -0.3 is 10.1 Å². The first-order valence-corrected chi connectivity index (χ1v) is 8.47. The van der Waals surface area contributed by atoms with Crippen LogP contribution in [0.15, 0.2) is 53.9 Å². The zero-order valence-corrected chi connectivity index (χ0v) is 14.4. The second-order valence-electron chi connectivity index (χ2n) is 5.36. The molecule has 2 aromatic carbocycles. The molecule has 0 fully saturated rings. The molecule has 0 atom stereocenters. The molecule has 4 nitrogen and oxygen atoms in total. The molecule has 0 saturated carbocycles. The van der Waals surface area contributed by atoms with Gasteiger partial charge in [-0.05, 0) is 30.7 Å². The molecule has 0 saturated heterocycles. The quantitative estimate of drug-likeness (QED) is 0.763. The molecule has 3 rings (SSSR count). The lowest BCUT2D eigenvalue weighted by molar-refractivity contribution is 0.0950. The molecule has 3 aromatic rings. The van der Waals surface area contributed by atoms with Gasteiger partial charge in [-0.25, -0.2) is 4.98 Å². The predicted octanol–water partition coefficient (Wildman–Crippen LogP) is 4.06. The number of carbonyl (C=O) groups excluding carboxylic acids is 1. The van der Waals surface area contributed by atoms with Gasteiger partial charge in [-0.1, -0.05) is 30.3 Å². The van der Waals surface area contributed by atoms with Crippen molar-refractivity contribution in [3.05, 3.63) is 70.0 Å². The van der Waals surface area contributed by atoms with Crippen LogP contribution in [-0.2, 0) is 6.54 Å². The van der Waals surface area contributed by atoms with Crippen LogP contribution in [0.3, 0.4) is 0 Å². The smallest absolute Gasteiger partial charge is 0.251 e. The van der Waals surface area contributed by atoms with Gasteiger partial charge in [0.15, 0.2) is 0 Å². The van der Waals surface area contributed by atoms with Crippen LogP contribution in [0, 0.1) is 6.92 Å². The average Bonchev–Trinajstić information content (AvgIpc) is 3.06. The maximum Gasteiger partial charge on any atom is 0.251 e.